The molecule has 0 unspecified atom stereocenters. The zero-order chi connectivity index (χ0) is 9.97. The Bertz CT molecular complexity index is 292. The molecule has 2 N–H and O–H groups in total. The Labute approximate surface area is 82.6 Å². The molecule has 2 rings (SSSR count). The Morgan fingerprint density at radius 2 is 2.29 bits per heavy atom. The molecule has 1 aliphatic heterocycles. The van der Waals surface area contributed by atoms with E-state index in [0.717, 1.165) is 19.3 Å². The van der Waals surface area contributed by atoms with Crippen LogP contribution in [0.15, 0.2) is 4.42 Å². The molecule has 0 aliphatic carbocycles. The van der Waals surface area contributed by atoms with Gasteiger partial charge in [0.15, 0.2) is 0 Å². The van der Waals surface area contributed by atoms with E-state index in [1.807, 2.05) is 6.92 Å². The average molecular weight is 197 g/mol. The Balaban J connectivity index is 2.01. The van der Waals surface area contributed by atoms with Gasteiger partial charge < -0.3 is 14.9 Å². The van der Waals surface area contributed by atoms with Crippen LogP contribution < -0.4 is 5.73 Å². The van der Waals surface area contributed by atoms with Crippen LogP contribution in [0, 0.1) is 0 Å². The summed E-state index contributed by atoms with van der Waals surface area (Å²) in [6.45, 7) is 2.56. The molecule has 78 valence electrons. The minimum atomic E-state index is -0.0531. The van der Waals surface area contributed by atoms with Crippen molar-refractivity contribution in [1.29, 1.82) is 0 Å². The van der Waals surface area contributed by atoms with Crippen LogP contribution in [0.5, 0.6) is 0 Å². The molecule has 5 nitrogen and oxygen atoms in total. The molecule has 0 saturated carbocycles. The second kappa shape index (κ2) is 4.06. The molecule has 2 atom stereocenters. The maximum atomic E-state index is 5.71. The number of aromatic nitrogens is 2. The summed E-state index contributed by atoms with van der Waals surface area (Å²) in [6.07, 6.45) is 2.53. The van der Waals surface area contributed by atoms with Crippen molar-refractivity contribution in [3.63, 3.8) is 0 Å². The molecule has 1 aromatic rings. The van der Waals surface area contributed by atoms with Gasteiger partial charge in [-0.05, 0) is 12.8 Å². The third-order valence-electron chi connectivity index (χ3n) is 2.37. The molecule has 1 aliphatic rings. The summed E-state index contributed by atoms with van der Waals surface area (Å²) in [5.74, 6) is 1.26. The van der Waals surface area contributed by atoms with E-state index in [2.05, 4.69) is 10.2 Å². The molecule has 1 fully saturated rings. The predicted molar refractivity (Wildman–Crippen MR) is 49.6 cm³/mol. The van der Waals surface area contributed by atoms with E-state index in [0.29, 0.717) is 18.4 Å². The summed E-state index contributed by atoms with van der Waals surface area (Å²) in [6, 6.07) is 0.153. The van der Waals surface area contributed by atoms with Gasteiger partial charge in [-0.2, -0.15) is 0 Å². The SMILES string of the molecule is CCc1nnc([C@@H]2CC[C@@H](N)CO2)o1. The molecule has 2 heterocycles. The molecule has 1 saturated heterocycles. The fourth-order valence-electron chi connectivity index (χ4n) is 1.51. The van der Waals surface area contributed by atoms with Crippen LogP contribution in [0.1, 0.15) is 37.7 Å². The third kappa shape index (κ3) is 1.93. The van der Waals surface area contributed by atoms with Crippen LogP contribution in [0.3, 0.4) is 0 Å². The third-order valence-corrected chi connectivity index (χ3v) is 2.37. The van der Waals surface area contributed by atoms with Gasteiger partial charge in [0.25, 0.3) is 0 Å². The highest BCUT2D eigenvalue weighted by molar-refractivity contribution is 4.89. The van der Waals surface area contributed by atoms with Crippen molar-refractivity contribution in [2.75, 3.05) is 6.61 Å². The van der Waals surface area contributed by atoms with Crippen molar-refractivity contribution in [1.82, 2.24) is 10.2 Å². The van der Waals surface area contributed by atoms with Gasteiger partial charge in [0, 0.05) is 12.5 Å². The van der Waals surface area contributed by atoms with Gasteiger partial charge in [0.1, 0.15) is 6.10 Å². The van der Waals surface area contributed by atoms with Crippen molar-refractivity contribution in [2.24, 2.45) is 5.73 Å². The summed E-state index contributed by atoms with van der Waals surface area (Å²) in [5, 5.41) is 7.85. The van der Waals surface area contributed by atoms with Crippen molar-refractivity contribution in [2.45, 2.75) is 38.3 Å². The minimum absolute atomic E-state index is 0.0531. The summed E-state index contributed by atoms with van der Waals surface area (Å²) < 4.78 is 10.9. The average Bonchev–Trinajstić information content (AvgIpc) is 2.67. The molecular weight excluding hydrogens is 182 g/mol. The smallest absolute Gasteiger partial charge is 0.245 e. The van der Waals surface area contributed by atoms with E-state index >= 15 is 0 Å². The van der Waals surface area contributed by atoms with Gasteiger partial charge in [-0.1, -0.05) is 6.92 Å². The lowest BCUT2D eigenvalue weighted by molar-refractivity contribution is -0.0118. The monoisotopic (exact) mass is 197 g/mol. The molecule has 0 spiro atoms. The van der Waals surface area contributed by atoms with Crippen LogP contribution >= 0.6 is 0 Å². The molecule has 0 amide bonds. The zero-order valence-electron chi connectivity index (χ0n) is 8.27. The number of ether oxygens (including phenoxy) is 1. The maximum Gasteiger partial charge on any atom is 0.245 e. The van der Waals surface area contributed by atoms with Crippen LogP contribution in [0.2, 0.25) is 0 Å². The van der Waals surface area contributed by atoms with Gasteiger partial charge in [0.05, 0.1) is 6.61 Å². The van der Waals surface area contributed by atoms with E-state index in [9.17, 15) is 0 Å². The van der Waals surface area contributed by atoms with Crippen molar-refractivity contribution < 1.29 is 9.15 Å². The van der Waals surface area contributed by atoms with Gasteiger partial charge in [0.2, 0.25) is 11.8 Å². The highest BCUT2D eigenvalue weighted by atomic mass is 16.5. The van der Waals surface area contributed by atoms with E-state index in [1.54, 1.807) is 0 Å². The lowest BCUT2D eigenvalue weighted by Crippen LogP contribution is -2.32. The minimum Gasteiger partial charge on any atom is -0.422 e. The standard InChI is InChI=1S/C9H15N3O2/c1-2-8-11-12-9(14-8)7-4-3-6(10)5-13-7/h6-7H,2-5,10H2,1H3/t6-,7+/m1/s1. The summed E-state index contributed by atoms with van der Waals surface area (Å²) in [7, 11) is 0. The fourth-order valence-corrected chi connectivity index (χ4v) is 1.51. The Morgan fingerprint density at radius 3 is 2.86 bits per heavy atom. The summed E-state index contributed by atoms with van der Waals surface area (Å²) in [4.78, 5) is 0. The van der Waals surface area contributed by atoms with Crippen LogP contribution in [-0.4, -0.2) is 22.8 Å². The molecule has 0 aromatic carbocycles. The molecule has 0 bridgehead atoms. The lowest BCUT2D eigenvalue weighted by Gasteiger charge is -2.23. The number of nitrogens with zero attached hydrogens (tertiary/aromatic N) is 2. The number of hydrogen-bond donors (Lipinski definition) is 1. The zero-order valence-corrected chi connectivity index (χ0v) is 8.27. The van der Waals surface area contributed by atoms with Crippen molar-refractivity contribution >= 4 is 0 Å². The molecule has 0 radical (unpaired) electrons. The van der Waals surface area contributed by atoms with Crippen LogP contribution in [-0.2, 0) is 11.2 Å². The molecule has 14 heavy (non-hydrogen) atoms. The largest absolute Gasteiger partial charge is 0.422 e. The fraction of sp³-hybridized carbons (Fsp3) is 0.778. The Hall–Kier alpha value is -0.940. The van der Waals surface area contributed by atoms with Crippen LogP contribution in [0.25, 0.3) is 0 Å². The van der Waals surface area contributed by atoms with Gasteiger partial charge in [-0.25, -0.2) is 0 Å². The van der Waals surface area contributed by atoms with Gasteiger partial charge in [-0.15, -0.1) is 10.2 Å². The highest BCUT2D eigenvalue weighted by Crippen LogP contribution is 2.26. The predicted octanol–water partition coefficient (Wildman–Crippen LogP) is 0.811. The topological polar surface area (TPSA) is 74.2 Å². The molecule has 5 heteroatoms. The van der Waals surface area contributed by atoms with Crippen molar-refractivity contribution in [3.8, 4) is 0 Å². The van der Waals surface area contributed by atoms with E-state index in [4.69, 9.17) is 14.9 Å². The van der Waals surface area contributed by atoms with Gasteiger partial charge >= 0.3 is 0 Å². The maximum absolute atomic E-state index is 5.71. The first-order valence-corrected chi connectivity index (χ1v) is 4.99. The number of nitrogens with two attached hydrogens (primary N) is 1. The van der Waals surface area contributed by atoms with E-state index in [-0.39, 0.29) is 12.1 Å². The number of rotatable bonds is 2. The van der Waals surface area contributed by atoms with E-state index < -0.39 is 0 Å². The van der Waals surface area contributed by atoms with E-state index in [1.165, 1.54) is 0 Å². The first kappa shape index (κ1) is 9.61. The first-order chi connectivity index (χ1) is 6.79. The summed E-state index contributed by atoms with van der Waals surface area (Å²) >= 11 is 0. The normalized spacial score (nSPS) is 27.9. The number of aryl methyl sites for hydroxylation is 1. The molecular formula is C9H15N3O2. The lowest BCUT2D eigenvalue weighted by atomic mass is 10.1. The Kier molecular flexibility index (Phi) is 2.79. The second-order valence-electron chi connectivity index (χ2n) is 3.55. The first-order valence-electron chi connectivity index (χ1n) is 4.99. The second-order valence-corrected chi connectivity index (χ2v) is 3.55. The summed E-state index contributed by atoms with van der Waals surface area (Å²) in [5.41, 5.74) is 5.71. The number of hydrogen-bond acceptors (Lipinski definition) is 5. The van der Waals surface area contributed by atoms with Crippen molar-refractivity contribution in [3.05, 3.63) is 11.8 Å². The van der Waals surface area contributed by atoms with Crippen LogP contribution in [0.4, 0.5) is 0 Å². The quantitative estimate of drug-likeness (QED) is 0.759. The Morgan fingerprint density at radius 1 is 1.43 bits per heavy atom. The highest BCUT2D eigenvalue weighted by Gasteiger charge is 2.24. The molecule has 1 aromatic heterocycles. The van der Waals surface area contributed by atoms with Gasteiger partial charge in [-0.3, -0.25) is 0 Å².